The lowest BCUT2D eigenvalue weighted by molar-refractivity contribution is 0.225. The second-order valence-electron chi connectivity index (χ2n) is 5.31. The Morgan fingerprint density at radius 1 is 1.12 bits per heavy atom. The van der Waals surface area contributed by atoms with Gasteiger partial charge in [-0.15, -0.1) is 10.2 Å². The first-order valence-electron chi connectivity index (χ1n) is 7.42. The Morgan fingerprint density at radius 3 is 2.76 bits per heavy atom. The number of halogens is 2. The predicted octanol–water partition coefficient (Wildman–Crippen LogP) is 5.07. The van der Waals surface area contributed by atoms with Gasteiger partial charge in [0.25, 0.3) is 0 Å². The van der Waals surface area contributed by atoms with E-state index in [-0.39, 0.29) is 0 Å². The molecule has 0 spiro atoms. The number of benzene rings is 2. The van der Waals surface area contributed by atoms with Crippen molar-refractivity contribution in [2.24, 2.45) is 0 Å². The molecule has 25 heavy (non-hydrogen) atoms. The quantitative estimate of drug-likeness (QED) is 0.616. The van der Waals surface area contributed by atoms with Gasteiger partial charge in [0.1, 0.15) is 0 Å². The third-order valence-electron chi connectivity index (χ3n) is 3.76. The number of hydrogen-bond acceptors (Lipinski definition) is 6. The molecule has 1 N–H and O–H groups in total. The smallest absolute Gasteiger partial charge is 0.247 e. The van der Waals surface area contributed by atoms with Crippen molar-refractivity contribution in [1.29, 1.82) is 0 Å². The van der Waals surface area contributed by atoms with E-state index in [0.717, 1.165) is 16.8 Å². The molecule has 8 heteroatoms. The SMILES string of the molecule is CSc1nnc2c(n1)O[C@@H](c1ccc(Cl)cc1Cl)Nc1ccccc1-2. The highest BCUT2D eigenvalue weighted by molar-refractivity contribution is 7.98. The van der Waals surface area contributed by atoms with E-state index < -0.39 is 6.23 Å². The van der Waals surface area contributed by atoms with E-state index in [1.54, 1.807) is 12.1 Å². The summed E-state index contributed by atoms with van der Waals surface area (Å²) in [6.45, 7) is 0. The minimum Gasteiger partial charge on any atom is -0.448 e. The average Bonchev–Trinajstić information content (AvgIpc) is 2.77. The van der Waals surface area contributed by atoms with Gasteiger partial charge < -0.3 is 10.1 Å². The Kier molecular flexibility index (Phi) is 4.41. The van der Waals surface area contributed by atoms with Crippen LogP contribution < -0.4 is 10.1 Å². The number of hydrogen-bond donors (Lipinski definition) is 1. The summed E-state index contributed by atoms with van der Waals surface area (Å²) in [6, 6.07) is 13.1. The molecule has 5 nitrogen and oxygen atoms in total. The van der Waals surface area contributed by atoms with Crippen molar-refractivity contribution < 1.29 is 4.74 Å². The molecule has 2 heterocycles. The molecule has 1 aromatic heterocycles. The van der Waals surface area contributed by atoms with Crippen molar-refractivity contribution in [3.8, 4) is 17.1 Å². The van der Waals surface area contributed by atoms with Gasteiger partial charge in [0, 0.05) is 21.8 Å². The largest absolute Gasteiger partial charge is 0.448 e. The average molecular weight is 391 g/mol. The zero-order chi connectivity index (χ0) is 17.4. The summed E-state index contributed by atoms with van der Waals surface area (Å²) in [5.74, 6) is 0.410. The molecule has 0 amide bonds. The highest BCUT2D eigenvalue weighted by atomic mass is 35.5. The van der Waals surface area contributed by atoms with Gasteiger partial charge in [-0.2, -0.15) is 4.98 Å². The molecule has 126 valence electrons. The van der Waals surface area contributed by atoms with Crippen molar-refractivity contribution in [1.82, 2.24) is 15.2 Å². The summed E-state index contributed by atoms with van der Waals surface area (Å²) < 4.78 is 6.12. The van der Waals surface area contributed by atoms with Crippen molar-refractivity contribution in [3.63, 3.8) is 0 Å². The first kappa shape index (κ1) is 16.4. The van der Waals surface area contributed by atoms with Crippen LogP contribution in [0.1, 0.15) is 11.8 Å². The summed E-state index contributed by atoms with van der Waals surface area (Å²) >= 11 is 13.8. The monoisotopic (exact) mass is 390 g/mol. The predicted molar refractivity (Wildman–Crippen MR) is 100 cm³/mol. The first-order valence-corrected chi connectivity index (χ1v) is 9.40. The van der Waals surface area contributed by atoms with Crippen molar-refractivity contribution in [3.05, 3.63) is 58.1 Å². The van der Waals surface area contributed by atoms with Crippen LogP contribution in [0.15, 0.2) is 47.6 Å². The molecule has 4 rings (SSSR count). The maximum atomic E-state index is 6.37. The molecule has 1 aliphatic rings. The standard InChI is InChI=1S/C17H12Cl2N4OS/c1-25-17-21-16-14(22-23-17)11-4-2-3-5-13(11)20-15(24-16)10-7-6-9(18)8-12(10)19/h2-8,15,20H,1H3/t15-/m0/s1. The van der Waals surface area contributed by atoms with Gasteiger partial charge in [-0.05, 0) is 24.5 Å². The van der Waals surface area contributed by atoms with E-state index >= 15 is 0 Å². The van der Waals surface area contributed by atoms with Crippen LogP contribution in [-0.2, 0) is 0 Å². The van der Waals surface area contributed by atoms with E-state index in [2.05, 4.69) is 20.5 Å². The molecular weight excluding hydrogens is 379 g/mol. The first-order chi connectivity index (χ1) is 12.2. The van der Waals surface area contributed by atoms with Crippen molar-refractivity contribution in [2.45, 2.75) is 11.4 Å². The molecule has 0 unspecified atom stereocenters. The molecule has 2 aromatic carbocycles. The van der Waals surface area contributed by atoms with E-state index in [1.165, 1.54) is 11.8 Å². The van der Waals surface area contributed by atoms with Crippen molar-refractivity contribution in [2.75, 3.05) is 11.6 Å². The Morgan fingerprint density at radius 2 is 1.96 bits per heavy atom. The van der Waals surface area contributed by atoms with Gasteiger partial charge in [0.2, 0.25) is 11.0 Å². The van der Waals surface area contributed by atoms with Crippen molar-refractivity contribution >= 4 is 40.7 Å². The Bertz CT molecular complexity index is 954. The van der Waals surface area contributed by atoms with Crippen LogP contribution in [0.25, 0.3) is 11.3 Å². The van der Waals surface area contributed by atoms with Crippen LogP contribution >= 0.6 is 35.0 Å². The maximum absolute atomic E-state index is 6.37. The normalized spacial score (nSPS) is 15.4. The van der Waals surface area contributed by atoms with Gasteiger partial charge in [0.05, 0.1) is 5.02 Å². The number of anilines is 1. The highest BCUT2D eigenvalue weighted by Crippen LogP contribution is 2.40. The summed E-state index contributed by atoms with van der Waals surface area (Å²) in [5.41, 5.74) is 3.09. The number of para-hydroxylation sites is 1. The van der Waals surface area contributed by atoms with E-state index in [1.807, 2.05) is 36.6 Å². The molecule has 1 atom stereocenters. The lowest BCUT2D eigenvalue weighted by Crippen LogP contribution is -2.17. The number of aromatic nitrogens is 3. The fourth-order valence-corrected chi connectivity index (χ4v) is 3.39. The second-order valence-corrected chi connectivity index (χ2v) is 6.92. The fraction of sp³-hybridized carbons (Fsp3) is 0.118. The van der Waals surface area contributed by atoms with Crippen LogP contribution in [0, 0.1) is 0 Å². The topological polar surface area (TPSA) is 59.9 Å². The molecule has 0 saturated heterocycles. The number of thioether (sulfide) groups is 1. The Hall–Kier alpha value is -2.02. The van der Waals surface area contributed by atoms with Crippen LogP contribution in [0.2, 0.25) is 10.0 Å². The van der Waals surface area contributed by atoms with Gasteiger partial charge in [-0.1, -0.05) is 59.2 Å². The van der Waals surface area contributed by atoms with Crippen LogP contribution in [0.5, 0.6) is 5.88 Å². The molecule has 0 bridgehead atoms. The molecule has 0 fully saturated rings. The summed E-state index contributed by atoms with van der Waals surface area (Å²) in [5, 5.41) is 13.4. The van der Waals surface area contributed by atoms with Gasteiger partial charge in [0.15, 0.2) is 11.9 Å². The third kappa shape index (κ3) is 3.13. The maximum Gasteiger partial charge on any atom is 0.247 e. The number of fused-ring (bicyclic) bond motifs is 3. The second kappa shape index (κ2) is 6.71. The van der Waals surface area contributed by atoms with E-state index in [4.69, 9.17) is 27.9 Å². The van der Waals surface area contributed by atoms with Gasteiger partial charge >= 0.3 is 0 Å². The zero-order valence-electron chi connectivity index (χ0n) is 13.0. The summed E-state index contributed by atoms with van der Waals surface area (Å²) in [4.78, 5) is 4.47. The number of nitrogens with one attached hydrogen (secondary N) is 1. The Balaban J connectivity index is 1.87. The Labute approximate surface area is 158 Å². The highest BCUT2D eigenvalue weighted by Gasteiger charge is 2.27. The van der Waals surface area contributed by atoms with Gasteiger partial charge in [-0.3, -0.25) is 0 Å². The third-order valence-corrected chi connectivity index (χ3v) is 4.86. The minimum absolute atomic E-state index is 0.410. The summed E-state index contributed by atoms with van der Waals surface area (Å²) in [7, 11) is 0. The summed E-state index contributed by atoms with van der Waals surface area (Å²) in [6.07, 6.45) is 1.36. The molecule has 0 aliphatic carbocycles. The molecule has 0 saturated carbocycles. The van der Waals surface area contributed by atoms with Crippen LogP contribution in [-0.4, -0.2) is 21.4 Å². The zero-order valence-corrected chi connectivity index (χ0v) is 15.4. The molecule has 1 aliphatic heterocycles. The lowest BCUT2D eigenvalue weighted by atomic mass is 10.1. The van der Waals surface area contributed by atoms with Gasteiger partial charge in [-0.25, -0.2) is 0 Å². The van der Waals surface area contributed by atoms with Crippen LogP contribution in [0.3, 0.4) is 0 Å². The van der Waals surface area contributed by atoms with Crippen LogP contribution in [0.4, 0.5) is 5.69 Å². The minimum atomic E-state index is -0.529. The molecule has 0 radical (unpaired) electrons. The fourth-order valence-electron chi connectivity index (χ4n) is 2.59. The number of ether oxygens (including phenoxy) is 1. The van der Waals surface area contributed by atoms with E-state index in [0.29, 0.717) is 26.8 Å². The number of nitrogens with zero attached hydrogens (tertiary/aromatic N) is 3. The molecular formula is C17H12Cl2N4OS. The lowest BCUT2D eigenvalue weighted by Gasteiger charge is -2.20. The van der Waals surface area contributed by atoms with E-state index in [9.17, 15) is 0 Å². The number of rotatable bonds is 2. The molecule has 3 aromatic rings.